The van der Waals surface area contributed by atoms with E-state index >= 15 is 0 Å². The Kier molecular flexibility index (Phi) is 4.53. The molecular weight excluding hydrogens is 241 g/mol. The molecule has 2 rings (SSSR count). The highest BCUT2D eigenvalue weighted by Crippen LogP contribution is 2.20. The number of anilines is 1. The van der Waals surface area contributed by atoms with E-state index in [0.717, 1.165) is 17.7 Å². The summed E-state index contributed by atoms with van der Waals surface area (Å²) in [5.41, 5.74) is 2.61. The number of aliphatic hydroxyl groups excluding tert-OH is 1. The summed E-state index contributed by atoms with van der Waals surface area (Å²) in [5, 5.41) is 9.01. The molecule has 0 saturated heterocycles. The predicted molar refractivity (Wildman–Crippen MR) is 75.5 cm³/mol. The van der Waals surface area contributed by atoms with Crippen molar-refractivity contribution in [1.82, 2.24) is 0 Å². The molecule has 0 aliphatic heterocycles. The molecule has 0 amide bonds. The Morgan fingerprint density at radius 1 is 1.00 bits per heavy atom. The van der Waals surface area contributed by atoms with Crippen molar-refractivity contribution in [2.24, 2.45) is 0 Å². The summed E-state index contributed by atoms with van der Waals surface area (Å²) < 4.78 is 13.8. The quantitative estimate of drug-likeness (QED) is 0.890. The van der Waals surface area contributed by atoms with E-state index in [-0.39, 0.29) is 12.4 Å². The molecule has 2 aromatic rings. The van der Waals surface area contributed by atoms with E-state index in [1.807, 2.05) is 42.2 Å². The number of halogens is 1. The molecule has 0 unspecified atom stereocenters. The van der Waals surface area contributed by atoms with Crippen LogP contribution in [-0.2, 0) is 13.2 Å². The van der Waals surface area contributed by atoms with E-state index in [2.05, 4.69) is 0 Å². The van der Waals surface area contributed by atoms with Gasteiger partial charge in [0.15, 0.2) is 0 Å². The van der Waals surface area contributed by atoms with Crippen LogP contribution in [0.2, 0.25) is 0 Å². The maximum atomic E-state index is 13.8. The molecule has 0 aliphatic rings. The van der Waals surface area contributed by atoms with Crippen LogP contribution in [0.3, 0.4) is 0 Å². The van der Waals surface area contributed by atoms with Crippen molar-refractivity contribution >= 4 is 5.69 Å². The van der Waals surface area contributed by atoms with Gasteiger partial charge in [-0.05, 0) is 30.2 Å². The van der Waals surface area contributed by atoms with E-state index in [1.54, 1.807) is 12.1 Å². The van der Waals surface area contributed by atoms with Gasteiger partial charge in [0.1, 0.15) is 5.82 Å². The lowest BCUT2D eigenvalue weighted by Crippen LogP contribution is -2.23. The first kappa shape index (κ1) is 13.6. The standard InChI is InChI=1S/C16H18FNO/c1-2-18(16-6-4-3-5-15(16)17)11-13-7-9-14(12-19)10-8-13/h3-10,19H,2,11-12H2,1H3. The molecule has 0 heterocycles. The Hall–Kier alpha value is -1.87. The number of benzene rings is 2. The molecule has 0 saturated carbocycles. The molecule has 100 valence electrons. The van der Waals surface area contributed by atoms with Crippen molar-refractivity contribution < 1.29 is 9.50 Å². The minimum atomic E-state index is -0.198. The topological polar surface area (TPSA) is 23.5 Å². The number of aliphatic hydroxyl groups is 1. The largest absolute Gasteiger partial charge is 0.392 e. The molecule has 1 N–H and O–H groups in total. The van der Waals surface area contributed by atoms with Gasteiger partial charge in [0.2, 0.25) is 0 Å². The lowest BCUT2D eigenvalue weighted by Gasteiger charge is -2.23. The Morgan fingerprint density at radius 2 is 1.63 bits per heavy atom. The number of rotatable bonds is 5. The van der Waals surface area contributed by atoms with Gasteiger partial charge in [0.25, 0.3) is 0 Å². The summed E-state index contributed by atoms with van der Waals surface area (Å²) in [6.07, 6.45) is 0. The molecule has 0 aliphatic carbocycles. The number of para-hydroxylation sites is 1. The third-order valence-corrected chi connectivity index (χ3v) is 3.15. The van der Waals surface area contributed by atoms with Gasteiger partial charge in [-0.25, -0.2) is 4.39 Å². The van der Waals surface area contributed by atoms with Gasteiger partial charge in [-0.15, -0.1) is 0 Å². The molecule has 0 spiro atoms. The molecule has 0 aromatic heterocycles. The monoisotopic (exact) mass is 259 g/mol. The van der Waals surface area contributed by atoms with Crippen LogP contribution in [0.5, 0.6) is 0 Å². The first-order valence-electron chi connectivity index (χ1n) is 6.42. The maximum Gasteiger partial charge on any atom is 0.146 e. The van der Waals surface area contributed by atoms with Crippen LogP contribution in [-0.4, -0.2) is 11.7 Å². The van der Waals surface area contributed by atoms with Crippen LogP contribution < -0.4 is 4.90 Å². The molecule has 0 fully saturated rings. The highest BCUT2D eigenvalue weighted by Gasteiger charge is 2.09. The van der Waals surface area contributed by atoms with E-state index in [1.165, 1.54) is 6.07 Å². The van der Waals surface area contributed by atoms with Gasteiger partial charge in [-0.2, -0.15) is 0 Å². The highest BCUT2D eigenvalue weighted by molar-refractivity contribution is 5.48. The fraction of sp³-hybridized carbons (Fsp3) is 0.250. The average Bonchev–Trinajstić information content (AvgIpc) is 2.46. The maximum absolute atomic E-state index is 13.8. The minimum absolute atomic E-state index is 0.0467. The van der Waals surface area contributed by atoms with Crippen molar-refractivity contribution in [2.75, 3.05) is 11.4 Å². The second kappa shape index (κ2) is 6.34. The zero-order valence-electron chi connectivity index (χ0n) is 11.0. The Bertz CT molecular complexity index is 525. The zero-order valence-corrected chi connectivity index (χ0v) is 11.0. The van der Waals surface area contributed by atoms with Crippen molar-refractivity contribution in [1.29, 1.82) is 0 Å². The van der Waals surface area contributed by atoms with Gasteiger partial charge in [0, 0.05) is 13.1 Å². The highest BCUT2D eigenvalue weighted by atomic mass is 19.1. The Morgan fingerprint density at radius 3 is 2.21 bits per heavy atom. The summed E-state index contributed by atoms with van der Waals surface area (Å²) in [4.78, 5) is 1.99. The lowest BCUT2D eigenvalue weighted by atomic mass is 10.1. The van der Waals surface area contributed by atoms with Gasteiger partial charge in [-0.3, -0.25) is 0 Å². The summed E-state index contributed by atoms with van der Waals surface area (Å²) in [7, 11) is 0. The van der Waals surface area contributed by atoms with Crippen molar-refractivity contribution in [3.8, 4) is 0 Å². The zero-order chi connectivity index (χ0) is 13.7. The number of hydrogen-bond acceptors (Lipinski definition) is 2. The molecule has 0 bridgehead atoms. The molecule has 19 heavy (non-hydrogen) atoms. The number of nitrogens with zero attached hydrogens (tertiary/aromatic N) is 1. The molecule has 2 nitrogen and oxygen atoms in total. The van der Waals surface area contributed by atoms with Crippen LogP contribution >= 0.6 is 0 Å². The van der Waals surface area contributed by atoms with Crippen molar-refractivity contribution in [3.63, 3.8) is 0 Å². The van der Waals surface area contributed by atoms with Crippen molar-refractivity contribution in [3.05, 3.63) is 65.5 Å². The van der Waals surface area contributed by atoms with E-state index < -0.39 is 0 Å². The summed E-state index contributed by atoms with van der Waals surface area (Å²) in [5.74, 6) is -0.198. The van der Waals surface area contributed by atoms with Crippen LogP contribution in [0.25, 0.3) is 0 Å². The first-order chi connectivity index (χ1) is 9.24. The molecular formula is C16H18FNO. The van der Waals surface area contributed by atoms with Gasteiger partial charge >= 0.3 is 0 Å². The normalized spacial score (nSPS) is 10.5. The van der Waals surface area contributed by atoms with Crippen LogP contribution in [0.15, 0.2) is 48.5 Å². The van der Waals surface area contributed by atoms with E-state index in [0.29, 0.717) is 12.2 Å². The Labute approximate surface area is 113 Å². The van der Waals surface area contributed by atoms with Gasteiger partial charge < -0.3 is 10.0 Å². The SMILES string of the molecule is CCN(Cc1ccc(CO)cc1)c1ccccc1F. The van der Waals surface area contributed by atoms with E-state index in [9.17, 15) is 4.39 Å². The third-order valence-electron chi connectivity index (χ3n) is 3.15. The summed E-state index contributed by atoms with van der Waals surface area (Å²) in [6.45, 7) is 3.45. The lowest BCUT2D eigenvalue weighted by molar-refractivity contribution is 0.282. The second-order valence-corrected chi connectivity index (χ2v) is 4.44. The minimum Gasteiger partial charge on any atom is -0.392 e. The third kappa shape index (κ3) is 3.32. The van der Waals surface area contributed by atoms with E-state index in [4.69, 9.17) is 5.11 Å². The van der Waals surface area contributed by atoms with Gasteiger partial charge in [0.05, 0.1) is 12.3 Å². The average molecular weight is 259 g/mol. The van der Waals surface area contributed by atoms with Gasteiger partial charge in [-0.1, -0.05) is 36.4 Å². The molecule has 0 atom stereocenters. The van der Waals surface area contributed by atoms with Crippen LogP contribution in [0, 0.1) is 5.82 Å². The summed E-state index contributed by atoms with van der Waals surface area (Å²) >= 11 is 0. The fourth-order valence-electron chi connectivity index (χ4n) is 2.05. The van der Waals surface area contributed by atoms with Crippen LogP contribution in [0.4, 0.5) is 10.1 Å². The molecule has 2 aromatic carbocycles. The molecule has 3 heteroatoms. The molecule has 0 radical (unpaired) electrons. The summed E-state index contributed by atoms with van der Waals surface area (Å²) in [6, 6.07) is 14.5. The van der Waals surface area contributed by atoms with Crippen molar-refractivity contribution in [2.45, 2.75) is 20.1 Å². The first-order valence-corrected chi connectivity index (χ1v) is 6.42. The Balaban J connectivity index is 2.17. The van der Waals surface area contributed by atoms with Crippen LogP contribution in [0.1, 0.15) is 18.1 Å². The fourth-order valence-corrected chi connectivity index (χ4v) is 2.05. The smallest absolute Gasteiger partial charge is 0.146 e. The predicted octanol–water partition coefficient (Wildman–Crippen LogP) is 3.34. The number of hydrogen-bond donors (Lipinski definition) is 1. The second-order valence-electron chi connectivity index (χ2n) is 4.44.